The number of carbonyl (C=O) groups is 1. The quantitative estimate of drug-likeness (QED) is 0.473. The fourth-order valence-electron chi connectivity index (χ4n) is 4.32. The average molecular weight is 497 g/mol. The molecule has 8 heteroatoms. The summed E-state index contributed by atoms with van der Waals surface area (Å²) in [6.07, 6.45) is 0.105. The number of halogens is 1. The first-order valence-electron chi connectivity index (χ1n) is 12.0. The molecule has 2 heterocycles. The first kappa shape index (κ1) is 25.1. The Balaban J connectivity index is 1.22. The van der Waals surface area contributed by atoms with Crippen molar-refractivity contribution in [2.24, 2.45) is 0 Å². The highest BCUT2D eigenvalue weighted by Gasteiger charge is 2.18. The first-order chi connectivity index (χ1) is 16.9. The number of hydrogen-bond donors (Lipinski definition) is 1. The zero-order valence-corrected chi connectivity index (χ0v) is 21.3. The summed E-state index contributed by atoms with van der Waals surface area (Å²) in [6, 6.07) is 16.3. The number of nitrogens with zero attached hydrogens (tertiary/aromatic N) is 3. The molecular weight excluding hydrogens is 464 g/mol. The summed E-state index contributed by atoms with van der Waals surface area (Å²) in [7, 11) is 0. The maximum atomic E-state index is 12.3. The first-order valence-corrected chi connectivity index (χ1v) is 12.4. The topological polar surface area (TPSA) is 70.8 Å². The summed E-state index contributed by atoms with van der Waals surface area (Å²) in [5, 5.41) is 7.62. The molecule has 1 fully saturated rings. The van der Waals surface area contributed by atoms with Crippen molar-refractivity contribution in [3.63, 3.8) is 0 Å². The highest BCUT2D eigenvalue weighted by molar-refractivity contribution is 6.30. The van der Waals surface area contributed by atoms with Crippen molar-refractivity contribution in [3.05, 3.63) is 76.1 Å². The van der Waals surface area contributed by atoms with E-state index in [1.54, 1.807) is 0 Å². The maximum Gasteiger partial charge on any atom is 0.224 e. The van der Waals surface area contributed by atoms with Gasteiger partial charge in [0.2, 0.25) is 5.91 Å². The van der Waals surface area contributed by atoms with Crippen molar-refractivity contribution in [3.8, 4) is 5.75 Å². The molecule has 35 heavy (non-hydrogen) atoms. The molecule has 7 nitrogen and oxygen atoms in total. The van der Waals surface area contributed by atoms with Gasteiger partial charge in [-0.15, -0.1) is 0 Å². The lowest BCUT2D eigenvalue weighted by atomic mass is 10.1. The number of amides is 1. The molecule has 1 unspecified atom stereocenters. The van der Waals surface area contributed by atoms with Gasteiger partial charge < -0.3 is 19.5 Å². The number of aromatic nitrogens is 1. The third kappa shape index (κ3) is 6.99. The molecule has 1 aromatic heterocycles. The van der Waals surface area contributed by atoms with Gasteiger partial charge in [-0.25, -0.2) is 0 Å². The van der Waals surface area contributed by atoms with E-state index in [9.17, 15) is 4.79 Å². The lowest BCUT2D eigenvalue weighted by Gasteiger charge is -2.36. The Bertz CT molecular complexity index is 1120. The molecule has 1 N–H and O–H groups in total. The van der Waals surface area contributed by atoms with E-state index in [1.165, 1.54) is 11.3 Å². The summed E-state index contributed by atoms with van der Waals surface area (Å²) >= 11 is 6.15. The lowest BCUT2D eigenvalue weighted by Crippen LogP contribution is -2.45. The number of rotatable bonds is 9. The molecule has 0 spiro atoms. The van der Waals surface area contributed by atoms with Gasteiger partial charge in [0.15, 0.2) is 0 Å². The van der Waals surface area contributed by atoms with Crippen molar-refractivity contribution in [2.75, 3.05) is 37.6 Å². The molecule has 1 aliphatic heterocycles. The summed E-state index contributed by atoms with van der Waals surface area (Å²) in [5.41, 5.74) is 4.00. The number of hydrogen-bond acceptors (Lipinski definition) is 6. The van der Waals surface area contributed by atoms with Crippen LogP contribution in [0.2, 0.25) is 5.02 Å². The molecule has 0 radical (unpaired) electrons. The number of carbonyl (C=O) groups excluding carboxylic acids is 1. The number of benzene rings is 2. The van der Waals surface area contributed by atoms with Crippen molar-refractivity contribution < 1.29 is 14.1 Å². The lowest BCUT2D eigenvalue weighted by molar-refractivity contribution is -0.120. The molecular formula is C27H33ClN4O3. The fraction of sp³-hybridized carbons (Fsp3) is 0.407. The summed E-state index contributed by atoms with van der Waals surface area (Å²) in [6.45, 7) is 10.9. The van der Waals surface area contributed by atoms with Crippen molar-refractivity contribution in [1.82, 2.24) is 15.4 Å². The minimum atomic E-state index is -0.153. The molecule has 3 aromatic rings. The zero-order valence-electron chi connectivity index (χ0n) is 20.6. The molecule has 2 aromatic carbocycles. The van der Waals surface area contributed by atoms with E-state index in [4.69, 9.17) is 20.9 Å². The standard InChI is InChI=1S/C27H33ClN4O3/c1-19(17-29-27(33)16-26-20(2)30-35-21(26)3)34-25-9-4-6-22(14-25)18-31-10-12-32(13-11-31)24-8-5-7-23(28)15-24/h4-9,14-15,19H,10-13,16-18H2,1-3H3,(H,29,33). The second kappa shape index (κ2) is 11.6. The molecule has 1 amide bonds. The second-order valence-electron chi connectivity index (χ2n) is 9.10. The van der Waals surface area contributed by atoms with Gasteiger partial charge in [0.1, 0.15) is 17.6 Å². The fourth-order valence-corrected chi connectivity index (χ4v) is 4.51. The number of anilines is 1. The molecule has 0 bridgehead atoms. The number of nitrogens with one attached hydrogen (secondary N) is 1. The molecule has 4 rings (SSSR count). The highest BCUT2D eigenvalue weighted by Crippen LogP contribution is 2.22. The van der Waals surface area contributed by atoms with Gasteiger partial charge in [-0.1, -0.05) is 35.0 Å². The van der Waals surface area contributed by atoms with E-state index < -0.39 is 0 Å². The van der Waals surface area contributed by atoms with E-state index in [-0.39, 0.29) is 18.4 Å². The largest absolute Gasteiger partial charge is 0.489 e. The Morgan fingerprint density at radius 1 is 1.14 bits per heavy atom. The summed E-state index contributed by atoms with van der Waals surface area (Å²) < 4.78 is 11.2. The van der Waals surface area contributed by atoms with Crippen LogP contribution < -0.4 is 15.0 Å². The van der Waals surface area contributed by atoms with E-state index in [2.05, 4.69) is 38.5 Å². The van der Waals surface area contributed by atoms with Crippen molar-refractivity contribution >= 4 is 23.2 Å². The Morgan fingerprint density at radius 2 is 1.91 bits per heavy atom. The van der Waals surface area contributed by atoms with Gasteiger partial charge in [0.05, 0.1) is 18.7 Å². The van der Waals surface area contributed by atoms with Crippen LogP contribution in [0.1, 0.15) is 29.5 Å². The maximum absolute atomic E-state index is 12.3. The monoisotopic (exact) mass is 496 g/mol. The second-order valence-corrected chi connectivity index (χ2v) is 9.54. The predicted molar refractivity (Wildman–Crippen MR) is 138 cm³/mol. The third-order valence-electron chi connectivity index (χ3n) is 6.29. The predicted octanol–water partition coefficient (Wildman–Crippen LogP) is 4.39. The zero-order chi connectivity index (χ0) is 24.8. The molecule has 186 valence electrons. The Kier molecular flexibility index (Phi) is 8.31. The van der Waals surface area contributed by atoms with Crippen LogP contribution in [0, 0.1) is 13.8 Å². The van der Waals surface area contributed by atoms with Crippen LogP contribution >= 0.6 is 11.6 Å². The molecule has 1 aliphatic rings. The summed E-state index contributed by atoms with van der Waals surface area (Å²) in [4.78, 5) is 17.2. The smallest absolute Gasteiger partial charge is 0.224 e. The summed E-state index contributed by atoms with van der Waals surface area (Å²) in [5.74, 6) is 1.43. The van der Waals surface area contributed by atoms with Crippen LogP contribution in [-0.2, 0) is 17.8 Å². The molecule has 1 saturated heterocycles. The van der Waals surface area contributed by atoms with E-state index in [0.29, 0.717) is 12.3 Å². The number of ether oxygens (including phenoxy) is 1. The number of piperazine rings is 1. The molecule has 0 aliphatic carbocycles. The van der Waals surface area contributed by atoms with Gasteiger partial charge in [-0.2, -0.15) is 0 Å². The number of aryl methyl sites for hydroxylation is 2. The third-order valence-corrected chi connectivity index (χ3v) is 6.53. The van der Waals surface area contributed by atoms with Gasteiger partial charge in [-0.3, -0.25) is 9.69 Å². The van der Waals surface area contributed by atoms with Gasteiger partial charge in [0, 0.05) is 49.0 Å². The van der Waals surface area contributed by atoms with E-state index >= 15 is 0 Å². The highest BCUT2D eigenvalue weighted by atomic mass is 35.5. The Labute approximate surface area is 212 Å². The molecule has 1 atom stereocenters. The van der Waals surface area contributed by atoms with Gasteiger partial charge in [0.25, 0.3) is 0 Å². The Hall–Kier alpha value is -3.03. The van der Waals surface area contributed by atoms with Crippen LogP contribution in [0.3, 0.4) is 0 Å². The Morgan fingerprint density at radius 3 is 2.63 bits per heavy atom. The van der Waals surface area contributed by atoms with Gasteiger partial charge >= 0.3 is 0 Å². The average Bonchev–Trinajstić information content (AvgIpc) is 3.15. The minimum Gasteiger partial charge on any atom is -0.489 e. The van der Waals surface area contributed by atoms with Crippen LogP contribution in [-0.4, -0.2) is 54.8 Å². The van der Waals surface area contributed by atoms with Crippen LogP contribution in [0.5, 0.6) is 5.75 Å². The van der Waals surface area contributed by atoms with Crippen LogP contribution in [0.25, 0.3) is 0 Å². The van der Waals surface area contributed by atoms with E-state index in [1.807, 2.05) is 51.1 Å². The van der Waals surface area contributed by atoms with E-state index in [0.717, 1.165) is 54.8 Å². The van der Waals surface area contributed by atoms with Crippen molar-refractivity contribution in [1.29, 1.82) is 0 Å². The van der Waals surface area contributed by atoms with Crippen LogP contribution in [0.15, 0.2) is 53.1 Å². The van der Waals surface area contributed by atoms with Crippen molar-refractivity contribution in [2.45, 2.75) is 39.8 Å². The van der Waals surface area contributed by atoms with Crippen LogP contribution in [0.4, 0.5) is 5.69 Å². The SMILES string of the molecule is Cc1noc(C)c1CC(=O)NCC(C)Oc1cccc(CN2CCN(c3cccc(Cl)c3)CC2)c1. The van der Waals surface area contributed by atoms with Gasteiger partial charge in [-0.05, 0) is 56.7 Å². The normalized spacial score (nSPS) is 15.1. The minimum absolute atomic E-state index is 0.0690. The molecule has 0 saturated carbocycles.